The summed E-state index contributed by atoms with van der Waals surface area (Å²) in [4.78, 5) is 16.5. The van der Waals surface area contributed by atoms with Crippen molar-refractivity contribution in [3.8, 4) is 11.3 Å². The Labute approximate surface area is 149 Å². The molecule has 0 aliphatic carbocycles. The maximum absolute atomic E-state index is 13.1. The lowest BCUT2D eigenvalue weighted by molar-refractivity contribution is 0.0785. The van der Waals surface area contributed by atoms with Crippen molar-refractivity contribution in [2.45, 2.75) is 19.4 Å². The van der Waals surface area contributed by atoms with E-state index < -0.39 is 0 Å². The molecule has 0 spiro atoms. The van der Waals surface area contributed by atoms with Gasteiger partial charge in [0.1, 0.15) is 17.0 Å². The smallest absolute Gasteiger partial charge is 0.259 e. The number of aromatic nitrogens is 4. The van der Waals surface area contributed by atoms with Crippen LogP contribution >= 0.6 is 11.6 Å². The van der Waals surface area contributed by atoms with Crippen LogP contribution < -0.4 is 0 Å². The van der Waals surface area contributed by atoms with Gasteiger partial charge in [0.2, 0.25) is 0 Å². The zero-order valence-electron chi connectivity index (χ0n) is 13.6. The van der Waals surface area contributed by atoms with Crippen molar-refractivity contribution >= 4 is 17.5 Å². The van der Waals surface area contributed by atoms with Crippen LogP contribution in [0.3, 0.4) is 0 Å². The summed E-state index contributed by atoms with van der Waals surface area (Å²) in [6, 6.07) is 7.38. The van der Waals surface area contributed by atoms with Gasteiger partial charge in [0.05, 0.1) is 23.5 Å². The van der Waals surface area contributed by atoms with E-state index in [1.807, 2.05) is 18.2 Å². The number of aryl methyl sites for hydroxylation is 1. The molecule has 7 nitrogen and oxygen atoms in total. The molecule has 0 bridgehead atoms. The Morgan fingerprint density at radius 2 is 2.04 bits per heavy atom. The fourth-order valence-electron chi connectivity index (χ4n) is 3.15. The fourth-order valence-corrected chi connectivity index (χ4v) is 3.37. The third kappa shape index (κ3) is 2.80. The van der Waals surface area contributed by atoms with Gasteiger partial charge in [-0.1, -0.05) is 35.0 Å². The number of hydrogen-bond acceptors (Lipinski definition) is 5. The van der Waals surface area contributed by atoms with Gasteiger partial charge in [-0.15, -0.1) is 0 Å². The lowest BCUT2D eigenvalue weighted by atomic mass is 10.1. The summed E-state index contributed by atoms with van der Waals surface area (Å²) in [7, 11) is 0. The molecule has 1 aliphatic heterocycles. The zero-order valence-corrected chi connectivity index (χ0v) is 14.3. The fraction of sp³-hybridized carbons (Fsp3) is 0.294. The number of rotatable bonds is 3. The number of carbonyl (C=O) groups is 1. The van der Waals surface area contributed by atoms with E-state index in [1.54, 1.807) is 35.1 Å². The predicted molar refractivity (Wildman–Crippen MR) is 91.3 cm³/mol. The van der Waals surface area contributed by atoms with Crippen LogP contribution in [0.1, 0.15) is 28.6 Å². The van der Waals surface area contributed by atoms with Crippen LogP contribution in [0.15, 0.2) is 41.2 Å². The highest BCUT2D eigenvalue weighted by Crippen LogP contribution is 2.33. The molecule has 1 atom stereocenters. The molecule has 128 valence electrons. The average molecular weight is 358 g/mol. The molecule has 0 radical (unpaired) electrons. The Morgan fingerprint density at radius 1 is 1.28 bits per heavy atom. The van der Waals surface area contributed by atoms with Crippen LogP contribution in [0.5, 0.6) is 0 Å². The molecular formula is C17H16ClN5O2. The van der Waals surface area contributed by atoms with E-state index in [1.165, 1.54) is 0 Å². The van der Waals surface area contributed by atoms with Crippen LogP contribution in [0, 0.1) is 6.92 Å². The van der Waals surface area contributed by atoms with E-state index in [2.05, 4.69) is 15.4 Å². The minimum absolute atomic E-state index is 0.0860. The molecule has 8 heteroatoms. The molecule has 1 aliphatic rings. The van der Waals surface area contributed by atoms with Crippen LogP contribution in [0.25, 0.3) is 11.3 Å². The van der Waals surface area contributed by atoms with Gasteiger partial charge in [0.15, 0.2) is 0 Å². The summed E-state index contributed by atoms with van der Waals surface area (Å²) in [6.07, 6.45) is 4.10. The summed E-state index contributed by atoms with van der Waals surface area (Å²) in [6.45, 7) is 2.93. The summed E-state index contributed by atoms with van der Waals surface area (Å²) < 4.78 is 5.30. The maximum Gasteiger partial charge on any atom is 0.259 e. The largest absolute Gasteiger partial charge is 0.360 e. The standard InChI is InChI=1S/C17H16ClN5O2/c1-11-15(16(21-25-11)13-4-2-3-5-14(13)18)17(24)22-9-6-12(10-22)23-19-7-8-20-23/h2-5,7-8,12H,6,9-10H2,1H3. The monoisotopic (exact) mass is 357 g/mol. The lowest BCUT2D eigenvalue weighted by Crippen LogP contribution is -2.30. The number of halogens is 1. The summed E-state index contributed by atoms with van der Waals surface area (Å²) in [5.74, 6) is 0.379. The third-order valence-electron chi connectivity index (χ3n) is 4.42. The van der Waals surface area contributed by atoms with Gasteiger partial charge < -0.3 is 9.42 Å². The van der Waals surface area contributed by atoms with Crippen molar-refractivity contribution in [3.05, 3.63) is 53.0 Å². The Balaban J connectivity index is 1.63. The SMILES string of the molecule is Cc1onc(-c2ccccc2Cl)c1C(=O)N1CCC(n2nccn2)C1. The molecule has 3 aromatic rings. The highest BCUT2D eigenvalue weighted by molar-refractivity contribution is 6.33. The van der Waals surface area contributed by atoms with Crippen molar-refractivity contribution in [3.63, 3.8) is 0 Å². The van der Waals surface area contributed by atoms with Gasteiger partial charge in [-0.25, -0.2) is 0 Å². The van der Waals surface area contributed by atoms with Crippen LogP contribution in [-0.2, 0) is 0 Å². The first kappa shape index (κ1) is 15.8. The Bertz CT molecular complexity index is 906. The summed E-state index contributed by atoms with van der Waals surface area (Å²) in [5, 5.41) is 12.9. The third-order valence-corrected chi connectivity index (χ3v) is 4.75. The first-order chi connectivity index (χ1) is 12.1. The average Bonchev–Trinajstić information content (AvgIpc) is 3.35. The molecule has 1 fully saturated rings. The number of hydrogen-bond donors (Lipinski definition) is 0. The predicted octanol–water partition coefficient (Wildman–Crippen LogP) is 2.98. The second-order valence-corrected chi connectivity index (χ2v) is 6.39. The number of amides is 1. The number of carbonyl (C=O) groups excluding carboxylic acids is 1. The van der Waals surface area contributed by atoms with Crippen molar-refractivity contribution in [2.75, 3.05) is 13.1 Å². The molecule has 1 unspecified atom stereocenters. The minimum atomic E-state index is -0.108. The van der Waals surface area contributed by atoms with Crippen LogP contribution in [0.4, 0.5) is 0 Å². The van der Waals surface area contributed by atoms with Gasteiger partial charge in [0, 0.05) is 18.7 Å². The second kappa shape index (κ2) is 6.33. The molecule has 1 amide bonds. The number of likely N-dealkylation sites (tertiary alicyclic amines) is 1. The molecule has 0 N–H and O–H groups in total. The summed E-state index contributed by atoms with van der Waals surface area (Å²) >= 11 is 6.27. The van der Waals surface area contributed by atoms with Crippen LogP contribution in [0.2, 0.25) is 5.02 Å². The Kier molecular flexibility index (Phi) is 4.01. The van der Waals surface area contributed by atoms with E-state index in [-0.39, 0.29) is 11.9 Å². The summed E-state index contributed by atoms with van der Waals surface area (Å²) in [5.41, 5.74) is 1.63. The highest BCUT2D eigenvalue weighted by Gasteiger charge is 2.33. The van der Waals surface area contributed by atoms with Gasteiger partial charge in [-0.3, -0.25) is 4.79 Å². The molecule has 1 saturated heterocycles. The van der Waals surface area contributed by atoms with Gasteiger partial charge >= 0.3 is 0 Å². The number of nitrogens with zero attached hydrogens (tertiary/aromatic N) is 5. The van der Waals surface area contributed by atoms with Crippen molar-refractivity contribution < 1.29 is 9.32 Å². The van der Waals surface area contributed by atoms with Crippen molar-refractivity contribution in [2.24, 2.45) is 0 Å². The quantitative estimate of drug-likeness (QED) is 0.720. The molecular weight excluding hydrogens is 342 g/mol. The topological polar surface area (TPSA) is 77.0 Å². The molecule has 2 aromatic heterocycles. The van der Waals surface area contributed by atoms with E-state index in [0.717, 1.165) is 6.42 Å². The second-order valence-electron chi connectivity index (χ2n) is 5.99. The minimum Gasteiger partial charge on any atom is -0.360 e. The van der Waals surface area contributed by atoms with Gasteiger partial charge in [-0.2, -0.15) is 15.0 Å². The molecule has 25 heavy (non-hydrogen) atoms. The number of benzene rings is 1. The molecule has 0 saturated carbocycles. The van der Waals surface area contributed by atoms with E-state index in [0.29, 0.717) is 40.7 Å². The first-order valence-electron chi connectivity index (χ1n) is 8.01. The Morgan fingerprint density at radius 3 is 2.80 bits per heavy atom. The van der Waals surface area contributed by atoms with Gasteiger partial charge in [0.25, 0.3) is 5.91 Å². The maximum atomic E-state index is 13.1. The molecule has 1 aromatic carbocycles. The van der Waals surface area contributed by atoms with Crippen molar-refractivity contribution in [1.29, 1.82) is 0 Å². The van der Waals surface area contributed by atoms with E-state index in [4.69, 9.17) is 16.1 Å². The normalized spacial score (nSPS) is 17.2. The first-order valence-corrected chi connectivity index (χ1v) is 8.39. The highest BCUT2D eigenvalue weighted by atomic mass is 35.5. The zero-order chi connectivity index (χ0) is 17.4. The lowest BCUT2D eigenvalue weighted by Gasteiger charge is -2.16. The molecule has 4 rings (SSSR count). The van der Waals surface area contributed by atoms with E-state index in [9.17, 15) is 4.79 Å². The van der Waals surface area contributed by atoms with E-state index >= 15 is 0 Å². The molecule has 3 heterocycles. The van der Waals surface area contributed by atoms with Crippen molar-refractivity contribution in [1.82, 2.24) is 25.1 Å². The van der Waals surface area contributed by atoms with Gasteiger partial charge in [-0.05, 0) is 19.4 Å². The van der Waals surface area contributed by atoms with Crippen LogP contribution in [-0.4, -0.2) is 44.0 Å². The Hall–Kier alpha value is -2.67.